The van der Waals surface area contributed by atoms with Gasteiger partial charge >= 0.3 is 6.18 Å². The zero-order chi connectivity index (χ0) is 18.7. The van der Waals surface area contributed by atoms with Gasteiger partial charge in [0, 0.05) is 23.8 Å². The lowest BCUT2D eigenvalue weighted by Gasteiger charge is -2.20. The highest BCUT2D eigenvalue weighted by Gasteiger charge is 2.29. The van der Waals surface area contributed by atoms with Gasteiger partial charge in [0.1, 0.15) is 5.75 Å². The fourth-order valence-electron chi connectivity index (χ4n) is 3.00. The first kappa shape index (κ1) is 18.0. The van der Waals surface area contributed by atoms with Crippen LogP contribution in [0.15, 0.2) is 54.6 Å². The van der Waals surface area contributed by atoms with E-state index < -0.39 is 18.5 Å². The number of fused-ring (bicyclic) bond motifs is 1. The molecular weight excluding hydrogens is 343 g/mol. The normalized spacial score (nSPS) is 12.9. The first-order chi connectivity index (χ1) is 12.4. The van der Waals surface area contributed by atoms with Crippen molar-refractivity contribution in [1.29, 1.82) is 0 Å². The van der Waals surface area contributed by atoms with Crippen LogP contribution in [0.25, 0.3) is 10.9 Å². The molecule has 0 radical (unpaired) electrons. The molecule has 0 unspecified atom stereocenters. The molecule has 3 rings (SSSR count). The van der Waals surface area contributed by atoms with E-state index in [1.54, 1.807) is 30.3 Å². The standard InChI is InChI=1S/C20H18F3NO2/c1-26-19-9-5-15-12-14(4-8-18(15)24-19)17(10-11-20(21,22)23)13-2-6-16(25)7-3-13/h2-9,12,17,25H,10-11H2,1H3/t17-/m1/s1. The maximum absolute atomic E-state index is 12.8. The van der Waals surface area contributed by atoms with Gasteiger partial charge < -0.3 is 9.84 Å². The van der Waals surface area contributed by atoms with Gasteiger partial charge in [0.2, 0.25) is 5.88 Å². The van der Waals surface area contributed by atoms with E-state index in [0.717, 1.165) is 16.5 Å². The van der Waals surface area contributed by atoms with E-state index in [1.165, 1.54) is 19.2 Å². The molecule has 0 aliphatic carbocycles. The second-order valence-corrected chi connectivity index (χ2v) is 6.10. The molecule has 1 N–H and O–H groups in total. The largest absolute Gasteiger partial charge is 0.508 e. The van der Waals surface area contributed by atoms with Crippen LogP contribution in [0.2, 0.25) is 0 Å². The first-order valence-electron chi connectivity index (χ1n) is 8.16. The summed E-state index contributed by atoms with van der Waals surface area (Å²) >= 11 is 0. The number of alkyl halides is 3. The highest BCUT2D eigenvalue weighted by atomic mass is 19.4. The lowest BCUT2D eigenvalue weighted by atomic mass is 9.86. The fourth-order valence-corrected chi connectivity index (χ4v) is 3.00. The molecule has 0 aliphatic heterocycles. The molecule has 1 heterocycles. The summed E-state index contributed by atoms with van der Waals surface area (Å²) in [5.74, 6) is 0.138. The summed E-state index contributed by atoms with van der Waals surface area (Å²) in [5.41, 5.74) is 2.22. The number of ether oxygens (including phenoxy) is 1. The van der Waals surface area contributed by atoms with Crippen LogP contribution < -0.4 is 4.74 Å². The minimum absolute atomic E-state index is 0.0661. The molecule has 0 aliphatic rings. The van der Waals surface area contributed by atoms with Crippen molar-refractivity contribution in [3.05, 3.63) is 65.7 Å². The zero-order valence-corrected chi connectivity index (χ0v) is 14.1. The number of nitrogens with zero attached hydrogens (tertiary/aromatic N) is 1. The number of hydrogen-bond acceptors (Lipinski definition) is 3. The summed E-state index contributed by atoms with van der Waals surface area (Å²) in [4.78, 5) is 4.33. The first-order valence-corrected chi connectivity index (χ1v) is 8.16. The molecule has 1 aromatic heterocycles. The summed E-state index contributed by atoms with van der Waals surface area (Å²) in [5, 5.41) is 10.3. The third-order valence-electron chi connectivity index (χ3n) is 4.31. The van der Waals surface area contributed by atoms with E-state index in [2.05, 4.69) is 4.98 Å². The number of phenols is 1. The minimum atomic E-state index is -4.22. The quantitative estimate of drug-likeness (QED) is 0.659. The number of halogens is 3. The van der Waals surface area contributed by atoms with E-state index >= 15 is 0 Å². The maximum atomic E-state index is 12.8. The maximum Gasteiger partial charge on any atom is 0.389 e. The molecule has 0 fully saturated rings. The molecule has 1 atom stereocenters. The lowest BCUT2D eigenvalue weighted by molar-refractivity contribution is -0.135. The van der Waals surface area contributed by atoms with Crippen molar-refractivity contribution >= 4 is 10.9 Å². The lowest BCUT2D eigenvalue weighted by Crippen LogP contribution is -2.11. The molecule has 0 bridgehead atoms. The second kappa shape index (κ2) is 7.23. The molecule has 6 heteroatoms. The summed E-state index contributed by atoms with van der Waals surface area (Å²) in [6, 6.07) is 15.3. The Labute approximate surface area is 149 Å². The van der Waals surface area contributed by atoms with E-state index in [1.807, 2.05) is 12.1 Å². The molecule has 26 heavy (non-hydrogen) atoms. The third-order valence-corrected chi connectivity index (χ3v) is 4.31. The van der Waals surface area contributed by atoms with Crippen LogP contribution in [-0.4, -0.2) is 23.4 Å². The Bertz CT molecular complexity index is 892. The average molecular weight is 361 g/mol. The van der Waals surface area contributed by atoms with Gasteiger partial charge in [-0.3, -0.25) is 0 Å². The highest BCUT2D eigenvalue weighted by Crippen LogP contribution is 2.35. The van der Waals surface area contributed by atoms with E-state index in [9.17, 15) is 18.3 Å². The zero-order valence-electron chi connectivity index (χ0n) is 14.1. The summed E-state index contributed by atoms with van der Waals surface area (Å²) in [7, 11) is 1.53. The van der Waals surface area contributed by atoms with Crippen molar-refractivity contribution in [2.24, 2.45) is 0 Å². The van der Waals surface area contributed by atoms with Crippen LogP contribution >= 0.6 is 0 Å². The van der Waals surface area contributed by atoms with E-state index in [4.69, 9.17) is 4.74 Å². The predicted molar refractivity (Wildman–Crippen MR) is 93.5 cm³/mol. The van der Waals surface area contributed by atoms with Gasteiger partial charge in [-0.05, 0) is 47.9 Å². The molecule has 0 saturated carbocycles. The number of hydrogen-bond donors (Lipinski definition) is 1. The van der Waals surface area contributed by atoms with E-state index in [-0.39, 0.29) is 12.2 Å². The number of methoxy groups -OCH3 is 1. The Morgan fingerprint density at radius 2 is 1.69 bits per heavy atom. The van der Waals surface area contributed by atoms with Crippen LogP contribution in [0.1, 0.15) is 29.9 Å². The van der Waals surface area contributed by atoms with Crippen LogP contribution in [-0.2, 0) is 0 Å². The smallest absolute Gasteiger partial charge is 0.389 e. The summed E-state index contributed by atoms with van der Waals surface area (Å²) < 4.78 is 43.4. The van der Waals surface area contributed by atoms with Crippen molar-refractivity contribution < 1.29 is 23.0 Å². The monoisotopic (exact) mass is 361 g/mol. The van der Waals surface area contributed by atoms with Crippen molar-refractivity contribution in [1.82, 2.24) is 4.98 Å². The van der Waals surface area contributed by atoms with Gasteiger partial charge in [0.05, 0.1) is 12.6 Å². The van der Waals surface area contributed by atoms with Gasteiger partial charge in [-0.15, -0.1) is 0 Å². The molecule has 3 aromatic rings. The van der Waals surface area contributed by atoms with Crippen molar-refractivity contribution in [3.63, 3.8) is 0 Å². The molecule has 0 saturated heterocycles. The van der Waals surface area contributed by atoms with Gasteiger partial charge in [-0.2, -0.15) is 13.2 Å². The Kier molecular flexibility index (Phi) is 5.02. The van der Waals surface area contributed by atoms with Crippen molar-refractivity contribution in [3.8, 4) is 11.6 Å². The summed E-state index contributed by atoms with van der Waals surface area (Å²) in [6.07, 6.45) is -5.16. The Hall–Kier alpha value is -2.76. The number of phenolic OH excluding ortho intramolecular Hbond substituents is 1. The fraction of sp³-hybridized carbons (Fsp3) is 0.250. The Balaban J connectivity index is 1.99. The Morgan fingerprint density at radius 1 is 1.00 bits per heavy atom. The molecule has 2 aromatic carbocycles. The average Bonchev–Trinajstić information content (AvgIpc) is 2.62. The minimum Gasteiger partial charge on any atom is -0.508 e. The SMILES string of the molecule is COc1ccc2cc([C@H](CCC(F)(F)F)c3ccc(O)cc3)ccc2n1. The molecule has 3 nitrogen and oxygen atoms in total. The van der Waals surface area contributed by atoms with Crippen LogP contribution in [0, 0.1) is 0 Å². The van der Waals surface area contributed by atoms with Gasteiger partial charge in [-0.25, -0.2) is 4.98 Å². The van der Waals surface area contributed by atoms with Gasteiger partial charge in [0.15, 0.2) is 0 Å². The number of benzene rings is 2. The molecule has 0 amide bonds. The predicted octanol–water partition coefficient (Wildman–Crippen LogP) is 5.42. The number of rotatable bonds is 5. The second-order valence-electron chi connectivity index (χ2n) is 6.10. The topological polar surface area (TPSA) is 42.4 Å². The number of pyridine rings is 1. The summed E-state index contributed by atoms with van der Waals surface area (Å²) in [6.45, 7) is 0. The van der Waals surface area contributed by atoms with Crippen LogP contribution in [0.5, 0.6) is 11.6 Å². The van der Waals surface area contributed by atoms with Gasteiger partial charge in [0.25, 0.3) is 0 Å². The molecule has 0 spiro atoms. The van der Waals surface area contributed by atoms with Gasteiger partial charge in [-0.1, -0.05) is 18.2 Å². The van der Waals surface area contributed by atoms with Crippen molar-refractivity contribution in [2.75, 3.05) is 7.11 Å². The molecule has 136 valence electrons. The highest BCUT2D eigenvalue weighted by molar-refractivity contribution is 5.80. The van der Waals surface area contributed by atoms with Crippen LogP contribution in [0.3, 0.4) is 0 Å². The number of aromatic nitrogens is 1. The Morgan fingerprint density at radius 3 is 2.35 bits per heavy atom. The third kappa shape index (κ3) is 4.25. The van der Waals surface area contributed by atoms with Crippen LogP contribution in [0.4, 0.5) is 13.2 Å². The van der Waals surface area contributed by atoms with E-state index in [0.29, 0.717) is 11.4 Å². The number of aromatic hydroxyl groups is 1. The van der Waals surface area contributed by atoms with Crippen molar-refractivity contribution in [2.45, 2.75) is 24.9 Å². The molecular formula is C20H18F3NO2.